The first-order valence-electron chi connectivity index (χ1n) is 5.76. The molecule has 94 valence electrons. The molecule has 0 bridgehead atoms. The summed E-state index contributed by atoms with van der Waals surface area (Å²) in [5, 5.41) is 0. The first kappa shape index (κ1) is 15.3. The summed E-state index contributed by atoms with van der Waals surface area (Å²) < 4.78 is 15.5. The quantitative estimate of drug-likeness (QED) is 0.250. The maximum absolute atomic E-state index is 10.9. The van der Waals surface area contributed by atoms with Crippen LogP contribution in [0.15, 0.2) is 12.2 Å². The molecule has 0 rings (SSSR count). The van der Waals surface area contributed by atoms with Gasteiger partial charge in [-0.25, -0.2) is 4.79 Å². The lowest BCUT2D eigenvalue weighted by atomic mass is 10.5. The fourth-order valence-electron chi connectivity index (χ4n) is 1.03. The van der Waals surface area contributed by atoms with Gasteiger partial charge in [0, 0.05) is 12.7 Å². The molecule has 0 aliphatic rings. The summed E-state index contributed by atoms with van der Waals surface area (Å²) in [4.78, 5) is 10.9. The van der Waals surface area contributed by atoms with E-state index in [4.69, 9.17) is 13.9 Å². The highest BCUT2D eigenvalue weighted by Gasteiger charge is 1.96. The standard InChI is InChI=1S/C11H22O4Si/c1-3-6-11(12)14-7-5-10-16-15-9-8-13-4-2/h3,6H,4-5,7-10,16H2,1-2H3. The molecule has 0 atom stereocenters. The second kappa shape index (κ2) is 12.4. The van der Waals surface area contributed by atoms with Crippen LogP contribution >= 0.6 is 0 Å². The van der Waals surface area contributed by atoms with Gasteiger partial charge in [0.15, 0.2) is 9.76 Å². The fraction of sp³-hybridized carbons (Fsp3) is 0.727. The second-order valence-corrected chi connectivity index (χ2v) is 4.71. The van der Waals surface area contributed by atoms with Crippen molar-refractivity contribution in [3.63, 3.8) is 0 Å². The molecule has 0 N–H and O–H groups in total. The maximum atomic E-state index is 10.9. The summed E-state index contributed by atoms with van der Waals surface area (Å²) in [6.45, 7) is 6.37. The molecule has 16 heavy (non-hydrogen) atoms. The highest BCUT2D eigenvalue weighted by molar-refractivity contribution is 6.26. The molecule has 0 amide bonds. The molecule has 5 heteroatoms. The van der Waals surface area contributed by atoms with Crippen LogP contribution in [0.2, 0.25) is 6.04 Å². The van der Waals surface area contributed by atoms with Gasteiger partial charge in [-0.05, 0) is 26.3 Å². The smallest absolute Gasteiger partial charge is 0.330 e. The normalized spacial score (nSPS) is 11.6. The minimum atomic E-state index is -0.462. The van der Waals surface area contributed by atoms with Gasteiger partial charge in [-0.2, -0.15) is 0 Å². The second-order valence-electron chi connectivity index (χ2n) is 3.18. The van der Waals surface area contributed by atoms with Gasteiger partial charge in [-0.15, -0.1) is 0 Å². The lowest BCUT2D eigenvalue weighted by Gasteiger charge is -2.04. The van der Waals surface area contributed by atoms with Gasteiger partial charge >= 0.3 is 5.97 Å². The average Bonchev–Trinajstić information content (AvgIpc) is 2.27. The van der Waals surface area contributed by atoms with E-state index in [9.17, 15) is 4.79 Å². The Balaban J connectivity index is 3.07. The largest absolute Gasteiger partial charge is 0.463 e. The van der Waals surface area contributed by atoms with E-state index in [1.54, 1.807) is 13.0 Å². The first-order valence-corrected chi connectivity index (χ1v) is 7.34. The van der Waals surface area contributed by atoms with E-state index in [1.807, 2.05) is 6.92 Å². The molecule has 0 fully saturated rings. The van der Waals surface area contributed by atoms with Crippen LogP contribution in [0.25, 0.3) is 0 Å². The summed E-state index contributed by atoms with van der Waals surface area (Å²) in [6.07, 6.45) is 3.99. The Morgan fingerprint density at radius 2 is 2.12 bits per heavy atom. The van der Waals surface area contributed by atoms with Crippen LogP contribution in [0.5, 0.6) is 0 Å². The number of hydrogen-bond acceptors (Lipinski definition) is 4. The highest BCUT2D eigenvalue weighted by Crippen LogP contribution is 1.92. The fourth-order valence-corrected chi connectivity index (χ4v) is 1.96. The Morgan fingerprint density at radius 1 is 1.31 bits per heavy atom. The van der Waals surface area contributed by atoms with E-state index in [1.165, 1.54) is 6.08 Å². The molecule has 0 aliphatic carbocycles. The molecule has 0 spiro atoms. The van der Waals surface area contributed by atoms with Gasteiger partial charge < -0.3 is 13.9 Å². The van der Waals surface area contributed by atoms with Gasteiger partial charge in [-0.3, -0.25) is 0 Å². The SMILES string of the molecule is CC=CC(=O)OCCC[SiH2]OCCOCC. The zero-order chi connectivity index (χ0) is 12.1. The third-order valence-corrected chi connectivity index (χ3v) is 3.17. The predicted molar refractivity (Wildman–Crippen MR) is 66.2 cm³/mol. The Hall–Kier alpha value is -0.653. The highest BCUT2D eigenvalue weighted by atomic mass is 28.2. The molecular formula is C11H22O4Si. The molecule has 0 aromatic rings. The van der Waals surface area contributed by atoms with Crippen molar-refractivity contribution in [1.29, 1.82) is 0 Å². The first-order chi connectivity index (χ1) is 7.81. The molecule has 0 aromatic heterocycles. The monoisotopic (exact) mass is 246 g/mol. The van der Waals surface area contributed by atoms with Gasteiger partial charge in [0.25, 0.3) is 0 Å². The molecular weight excluding hydrogens is 224 g/mol. The van der Waals surface area contributed by atoms with Gasteiger partial charge in [0.1, 0.15) is 0 Å². The molecule has 0 aromatic carbocycles. The molecule has 0 heterocycles. The van der Waals surface area contributed by atoms with E-state index < -0.39 is 9.76 Å². The summed E-state index contributed by atoms with van der Waals surface area (Å²) in [7, 11) is -0.462. The summed E-state index contributed by atoms with van der Waals surface area (Å²) >= 11 is 0. The lowest BCUT2D eigenvalue weighted by Crippen LogP contribution is -2.08. The summed E-state index contributed by atoms with van der Waals surface area (Å²) in [6, 6.07) is 1.04. The number of carbonyl (C=O) groups excluding carboxylic acids is 1. The molecule has 4 nitrogen and oxygen atoms in total. The third kappa shape index (κ3) is 11.4. The van der Waals surface area contributed by atoms with E-state index in [2.05, 4.69) is 0 Å². The van der Waals surface area contributed by atoms with Crippen LogP contribution < -0.4 is 0 Å². The van der Waals surface area contributed by atoms with E-state index in [0.29, 0.717) is 19.8 Å². The molecule has 0 aliphatic heterocycles. The van der Waals surface area contributed by atoms with Gasteiger partial charge in [0.05, 0.1) is 19.8 Å². The molecule has 0 saturated carbocycles. The Kier molecular flexibility index (Phi) is 11.9. The van der Waals surface area contributed by atoms with Crippen LogP contribution in [0.4, 0.5) is 0 Å². The number of esters is 1. The van der Waals surface area contributed by atoms with Gasteiger partial charge in [0.2, 0.25) is 0 Å². The van der Waals surface area contributed by atoms with Crippen LogP contribution in [-0.4, -0.2) is 42.2 Å². The Bertz CT molecular complexity index is 194. The van der Waals surface area contributed by atoms with Crippen molar-refractivity contribution in [3.05, 3.63) is 12.2 Å². The zero-order valence-electron chi connectivity index (χ0n) is 10.2. The predicted octanol–water partition coefficient (Wildman–Crippen LogP) is 1.05. The van der Waals surface area contributed by atoms with Crippen molar-refractivity contribution < 1.29 is 18.7 Å². The summed E-state index contributed by atoms with van der Waals surface area (Å²) in [5.41, 5.74) is 0. The molecule has 0 radical (unpaired) electrons. The lowest BCUT2D eigenvalue weighted by molar-refractivity contribution is -0.137. The van der Waals surface area contributed by atoms with Gasteiger partial charge in [-0.1, -0.05) is 6.08 Å². The number of carbonyl (C=O) groups is 1. The minimum Gasteiger partial charge on any atom is -0.463 e. The van der Waals surface area contributed by atoms with Crippen molar-refractivity contribution in [2.75, 3.05) is 26.4 Å². The van der Waals surface area contributed by atoms with Crippen molar-refractivity contribution in [2.24, 2.45) is 0 Å². The Morgan fingerprint density at radius 3 is 2.81 bits per heavy atom. The Labute approximate surface area is 99.9 Å². The number of ether oxygens (including phenoxy) is 2. The number of rotatable bonds is 10. The molecule has 0 saturated heterocycles. The van der Waals surface area contributed by atoms with Crippen molar-refractivity contribution in [1.82, 2.24) is 0 Å². The maximum Gasteiger partial charge on any atom is 0.330 e. The van der Waals surface area contributed by atoms with Crippen molar-refractivity contribution in [2.45, 2.75) is 26.3 Å². The minimum absolute atomic E-state index is 0.263. The van der Waals surface area contributed by atoms with Crippen LogP contribution in [-0.2, 0) is 18.7 Å². The molecule has 0 unspecified atom stereocenters. The number of hydrogen-bond donors (Lipinski definition) is 0. The van der Waals surface area contributed by atoms with E-state index >= 15 is 0 Å². The summed E-state index contributed by atoms with van der Waals surface area (Å²) in [5.74, 6) is -0.263. The van der Waals surface area contributed by atoms with Crippen LogP contribution in [0.1, 0.15) is 20.3 Å². The third-order valence-electron chi connectivity index (χ3n) is 1.81. The topological polar surface area (TPSA) is 44.8 Å². The average molecular weight is 246 g/mol. The van der Waals surface area contributed by atoms with Crippen molar-refractivity contribution in [3.8, 4) is 0 Å². The van der Waals surface area contributed by atoms with Crippen LogP contribution in [0, 0.1) is 0 Å². The zero-order valence-corrected chi connectivity index (χ0v) is 11.7. The van der Waals surface area contributed by atoms with E-state index in [-0.39, 0.29) is 5.97 Å². The van der Waals surface area contributed by atoms with E-state index in [0.717, 1.165) is 19.1 Å². The van der Waals surface area contributed by atoms with Crippen molar-refractivity contribution >= 4 is 15.7 Å². The van der Waals surface area contributed by atoms with Crippen LogP contribution in [0.3, 0.4) is 0 Å². The number of allylic oxidation sites excluding steroid dienone is 1.